The molecule has 20 heavy (non-hydrogen) atoms. The van der Waals surface area contributed by atoms with E-state index in [0.717, 1.165) is 25.9 Å². The number of carbonyl (C=O) groups is 1. The van der Waals surface area contributed by atoms with E-state index in [-0.39, 0.29) is 11.9 Å². The lowest BCUT2D eigenvalue weighted by molar-refractivity contribution is -0.127. The zero-order chi connectivity index (χ0) is 13.9. The lowest BCUT2D eigenvalue weighted by Crippen LogP contribution is -2.50. The van der Waals surface area contributed by atoms with Gasteiger partial charge in [-0.15, -0.1) is 11.8 Å². The molecule has 0 aromatic heterocycles. The molecule has 1 fully saturated rings. The molecule has 3 rings (SSSR count). The van der Waals surface area contributed by atoms with E-state index in [9.17, 15) is 4.79 Å². The molecule has 2 atom stereocenters. The molecule has 2 heterocycles. The summed E-state index contributed by atoms with van der Waals surface area (Å²) in [5.41, 5.74) is 1.47. The van der Waals surface area contributed by atoms with Gasteiger partial charge in [0.1, 0.15) is 0 Å². The van der Waals surface area contributed by atoms with Crippen LogP contribution in [0.15, 0.2) is 29.2 Å². The number of piperidine rings is 1. The second kappa shape index (κ2) is 6.19. The Hall–Kier alpha value is -1.00. The molecule has 2 aliphatic heterocycles. The molecule has 2 unspecified atom stereocenters. The Bertz CT molecular complexity index is 466. The zero-order valence-electron chi connectivity index (χ0n) is 12.0. The van der Waals surface area contributed by atoms with Gasteiger partial charge in [-0.1, -0.05) is 24.6 Å². The molecule has 108 valence electrons. The van der Waals surface area contributed by atoms with Crippen molar-refractivity contribution in [2.24, 2.45) is 0 Å². The Labute approximate surface area is 125 Å². The van der Waals surface area contributed by atoms with Crippen LogP contribution in [0.4, 0.5) is 0 Å². The van der Waals surface area contributed by atoms with Crippen molar-refractivity contribution in [2.75, 3.05) is 20.1 Å². The van der Waals surface area contributed by atoms with E-state index in [1.54, 1.807) is 7.05 Å². The summed E-state index contributed by atoms with van der Waals surface area (Å²) in [5.74, 6) is 0.185. The van der Waals surface area contributed by atoms with Crippen LogP contribution >= 0.6 is 11.8 Å². The summed E-state index contributed by atoms with van der Waals surface area (Å²) in [5, 5.41) is 3.41. The number of thioether (sulfide) groups is 1. The van der Waals surface area contributed by atoms with Crippen LogP contribution in [-0.2, 0) is 11.2 Å². The Morgan fingerprint density at radius 3 is 3.05 bits per heavy atom. The van der Waals surface area contributed by atoms with E-state index in [4.69, 9.17) is 0 Å². The number of likely N-dealkylation sites (N-methyl/N-ethyl adjacent to an activating group) is 1. The van der Waals surface area contributed by atoms with Gasteiger partial charge in [0.15, 0.2) is 0 Å². The van der Waals surface area contributed by atoms with Crippen LogP contribution < -0.4 is 5.32 Å². The number of hydrogen-bond acceptors (Lipinski definition) is 3. The minimum atomic E-state index is 0.0815. The molecule has 0 radical (unpaired) electrons. The van der Waals surface area contributed by atoms with Crippen molar-refractivity contribution in [3.8, 4) is 0 Å². The highest BCUT2D eigenvalue weighted by molar-refractivity contribution is 8.00. The number of rotatable bonds is 3. The first-order chi connectivity index (χ1) is 9.78. The first kappa shape index (κ1) is 14.0. The molecule has 0 aliphatic carbocycles. The minimum Gasteiger partial charge on any atom is -0.358 e. The molecule has 0 spiro atoms. The summed E-state index contributed by atoms with van der Waals surface area (Å²) < 4.78 is 0. The molecule has 1 N–H and O–H groups in total. The van der Waals surface area contributed by atoms with Crippen LogP contribution in [0, 0.1) is 0 Å². The fourth-order valence-electron chi connectivity index (χ4n) is 3.29. The fraction of sp³-hybridized carbons (Fsp3) is 0.562. The van der Waals surface area contributed by atoms with Crippen LogP contribution in [0.1, 0.15) is 24.8 Å². The van der Waals surface area contributed by atoms with E-state index in [1.165, 1.54) is 23.3 Å². The van der Waals surface area contributed by atoms with Gasteiger partial charge in [-0.2, -0.15) is 0 Å². The number of amides is 1. The van der Waals surface area contributed by atoms with Crippen molar-refractivity contribution in [3.05, 3.63) is 29.8 Å². The van der Waals surface area contributed by atoms with Gasteiger partial charge in [0.2, 0.25) is 5.91 Å². The topological polar surface area (TPSA) is 32.3 Å². The smallest absolute Gasteiger partial charge is 0.237 e. The number of hydrogen-bond donors (Lipinski definition) is 1. The van der Waals surface area contributed by atoms with E-state index in [0.29, 0.717) is 5.25 Å². The highest BCUT2D eigenvalue weighted by atomic mass is 32.2. The van der Waals surface area contributed by atoms with Crippen molar-refractivity contribution < 1.29 is 4.79 Å². The highest BCUT2D eigenvalue weighted by Gasteiger charge is 2.31. The minimum absolute atomic E-state index is 0.0815. The maximum atomic E-state index is 12.0. The van der Waals surface area contributed by atoms with Gasteiger partial charge in [0.25, 0.3) is 0 Å². The Kier molecular flexibility index (Phi) is 4.32. The van der Waals surface area contributed by atoms with E-state index >= 15 is 0 Å². The summed E-state index contributed by atoms with van der Waals surface area (Å²) in [4.78, 5) is 15.8. The van der Waals surface area contributed by atoms with Gasteiger partial charge in [-0.05, 0) is 37.4 Å². The third kappa shape index (κ3) is 2.86. The molecule has 1 amide bonds. The molecule has 1 saturated heterocycles. The quantitative estimate of drug-likeness (QED) is 0.927. The molecular weight excluding hydrogens is 268 g/mol. The number of likely N-dealkylation sites (tertiary alicyclic amines) is 1. The van der Waals surface area contributed by atoms with Crippen LogP contribution in [0.25, 0.3) is 0 Å². The highest BCUT2D eigenvalue weighted by Crippen LogP contribution is 2.37. The number of nitrogens with zero attached hydrogens (tertiary/aromatic N) is 1. The Morgan fingerprint density at radius 2 is 2.25 bits per heavy atom. The second-order valence-corrected chi connectivity index (χ2v) is 7.01. The van der Waals surface area contributed by atoms with Crippen LogP contribution in [0.2, 0.25) is 0 Å². The first-order valence-electron chi connectivity index (χ1n) is 7.48. The van der Waals surface area contributed by atoms with Crippen molar-refractivity contribution in [2.45, 2.75) is 41.9 Å². The average Bonchev–Trinajstić information content (AvgIpc) is 2.89. The lowest BCUT2D eigenvalue weighted by Gasteiger charge is -2.35. The molecule has 4 heteroatoms. The number of carbonyl (C=O) groups excluding carboxylic acids is 1. The van der Waals surface area contributed by atoms with Crippen LogP contribution in [0.5, 0.6) is 0 Å². The number of benzene rings is 1. The second-order valence-electron chi connectivity index (χ2n) is 5.67. The lowest BCUT2D eigenvalue weighted by atomic mass is 10.0. The Balaban J connectivity index is 1.64. The zero-order valence-corrected chi connectivity index (χ0v) is 12.8. The van der Waals surface area contributed by atoms with Gasteiger partial charge >= 0.3 is 0 Å². The summed E-state index contributed by atoms with van der Waals surface area (Å²) in [6.07, 6.45) is 4.53. The van der Waals surface area contributed by atoms with Gasteiger partial charge < -0.3 is 5.32 Å². The predicted octanol–water partition coefficient (Wildman–Crippen LogP) is 2.30. The normalized spacial score (nSPS) is 26.2. The summed E-state index contributed by atoms with van der Waals surface area (Å²) >= 11 is 1.98. The summed E-state index contributed by atoms with van der Waals surface area (Å²) in [6, 6.07) is 8.76. The standard InChI is InChI=1S/C16H22N2OS/c1-17-16(19)14-7-4-5-9-18(14)11-13-10-12-6-2-3-8-15(12)20-13/h2-3,6,8,13-14H,4-5,7,9-11H2,1H3,(H,17,19). The molecule has 0 saturated carbocycles. The molecule has 3 nitrogen and oxygen atoms in total. The van der Waals surface area contributed by atoms with Crippen LogP contribution in [-0.4, -0.2) is 42.2 Å². The summed E-state index contributed by atoms with van der Waals surface area (Å²) in [6.45, 7) is 2.09. The third-order valence-electron chi connectivity index (χ3n) is 4.31. The van der Waals surface area contributed by atoms with Crippen molar-refractivity contribution in [3.63, 3.8) is 0 Å². The maximum Gasteiger partial charge on any atom is 0.237 e. The van der Waals surface area contributed by atoms with Crippen molar-refractivity contribution >= 4 is 17.7 Å². The van der Waals surface area contributed by atoms with E-state index in [2.05, 4.69) is 34.5 Å². The van der Waals surface area contributed by atoms with Gasteiger partial charge in [0, 0.05) is 23.7 Å². The fourth-order valence-corrected chi connectivity index (χ4v) is 4.64. The molecule has 1 aromatic carbocycles. The average molecular weight is 290 g/mol. The van der Waals surface area contributed by atoms with Gasteiger partial charge in [-0.25, -0.2) is 0 Å². The van der Waals surface area contributed by atoms with E-state index < -0.39 is 0 Å². The molecule has 2 aliphatic rings. The van der Waals surface area contributed by atoms with Gasteiger partial charge in [0.05, 0.1) is 6.04 Å². The third-order valence-corrected chi connectivity index (χ3v) is 5.62. The molecular formula is C16H22N2OS. The van der Waals surface area contributed by atoms with E-state index in [1.807, 2.05) is 11.8 Å². The predicted molar refractivity (Wildman–Crippen MR) is 83.1 cm³/mol. The van der Waals surface area contributed by atoms with Crippen LogP contribution in [0.3, 0.4) is 0 Å². The largest absolute Gasteiger partial charge is 0.358 e. The number of nitrogens with one attached hydrogen (secondary N) is 1. The Morgan fingerprint density at radius 1 is 1.40 bits per heavy atom. The monoisotopic (exact) mass is 290 g/mol. The molecule has 1 aromatic rings. The first-order valence-corrected chi connectivity index (χ1v) is 8.36. The number of fused-ring (bicyclic) bond motifs is 1. The van der Waals surface area contributed by atoms with Crippen molar-refractivity contribution in [1.82, 2.24) is 10.2 Å². The van der Waals surface area contributed by atoms with Gasteiger partial charge in [-0.3, -0.25) is 9.69 Å². The SMILES string of the molecule is CNC(=O)C1CCCCN1CC1Cc2ccccc2S1. The van der Waals surface area contributed by atoms with Crippen molar-refractivity contribution in [1.29, 1.82) is 0 Å². The molecule has 0 bridgehead atoms. The maximum absolute atomic E-state index is 12.0. The summed E-state index contributed by atoms with van der Waals surface area (Å²) in [7, 11) is 1.75.